The summed E-state index contributed by atoms with van der Waals surface area (Å²) in [4.78, 5) is 22.9. The van der Waals surface area contributed by atoms with Crippen molar-refractivity contribution in [1.29, 1.82) is 0 Å². The minimum Gasteiger partial charge on any atom is -0.493 e. The van der Waals surface area contributed by atoms with Crippen molar-refractivity contribution in [2.45, 2.75) is 6.92 Å². The van der Waals surface area contributed by atoms with Gasteiger partial charge in [0.05, 0.1) is 12.2 Å². The van der Waals surface area contributed by atoms with Crippen molar-refractivity contribution in [2.75, 3.05) is 17.8 Å². The third-order valence-electron chi connectivity index (χ3n) is 3.64. The molecule has 8 nitrogen and oxygen atoms in total. The summed E-state index contributed by atoms with van der Waals surface area (Å²) in [6.45, 7) is 2.35. The lowest BCUT2D eigenvalue weighted by molar-refractivity contribution is 0.341. The van der Waals surface area contributed by atoms with Gasteiger partial charge in [-0.25, -0.2) is 10.8 Å². The Labute approximate surface area is 143 Å². The van der Waals surface area contributed by atoms with Gasteiger partial charge < -0.3 is 20.9 Å². The summed E-state index contributed by atoms with van der Waals surface area (Å²) in [5.41, 5.74) is 10.0. The average Bonchev–Trinajstić information content (AvgIpc) is 2.65. The molecule has 2 aromatic heterocycles. The van der Waals surface area contributed by atoms with Gasteiger partial charge >= 0.3 is 0 Å². The van der Waals surface area contributed by atoms with Gasteiger partial charge in [0.15, 0.2) is 5.82 Å². The van der Waals surface area contributed by atoms with E-state index in [1.54, 1.807) is 12.4 Å². The zero-order chi connectivity index (χ0) is 17.8. The topological polar surface area (TPSA) is 132 Å². The molecule has 0 bridgehead atoms. The fourth-order valence-corrected chi connectivity index (χ4v) is 2.44. The number of aromatic nitrogens is 3. The molecule has 0 saturated carbocycles. The molecular formula is C17H18N6O2. The number of nitrogens with zero attached hydrogens (tertiary/aromatic N) is 2. The Morgan fingerprint density at radius 3 is 2.64 bits per heavy atom. The molecule has 0 aliphatic carbocycles. The summed E-state index contributed by atoms with van der Waals surface area (Å²) in [6, 6.07) is 9.45. The van der Waals surface area contributed by atoms with Crippen LogP contribution in [-0.4, -0.2) is 21.6 Å². The SMILES string of the molecule is CCOc1cc(-c2ccncc2)ccc1-c1nc(NN)c(N)c(=O)[nH]1. The summed E-state index contributed by atoms with van der Waals surface area (Å²) < 4.78 is 5.74. The first-order valence-corrected chi connectivity index (χ1v) is 7.68. The van der Waals surface area contributed by atoms with Gasteiger partial charge in [-0.1, -0.05) is 6.07 Å². The van der Waals surface area contributed by atoms with Gasteiger partial charge in [0.25, 0.3) is 5.56 Å². The van der Waals surface area contributed by atoms with Crippen molar-refractivity contribution in [1.82, 2.24) is 15.0 Å². The van der Waals surface area contributed by atoms with Gasteiger partial charge in [-0.2, -0.15) is 0 Å². The fraction of sp³-hybridized carbons (Fsp3) is 0.118. The number of hydrazine groups is 1. The van der Waals surface area contributed by atoms with Crippen molar-refractivity contribution in [3.8, 4) is 28.3 Å². The van der Waals surface area contributed by atoms with Crippen LogP contribution in [0.2, 0.25) is 0 Å². The number of nitrogens with two attached hydrogens (primary N) is 2. The van der Waals surface area contributed by atoms with Gasteiger partial charge in [0, 0.05) is 12.4 Å². The van der Waals surface area contributed by atoms with Crippen LogP contribution >= 0.6 is 0 Å². The first-order chi connectivity index (χ1) is 12.1. The molecule has 3 rings (SSSR count). The maximum atomic E-state index is 12.0. The first-order valence-electron chi connectivity index (χ1n) is 7.68. The van der Waals surface area contributed by atoms with Gasteiger partial charge in [-0.05, 0) is 42.3 Å². The Kier molecular flexibility index (Phi) is 4.62. The lowest BCUT2D eigenvalue weighted by Crippen LogP contribution is -2.20. The molecule has 0 atom stereocenters. The van der Waals surface area contributed by atoms with E-state index in [0.717, 1.165) is 11.1 Å². The van der Waals surface area contributed by atoms with Crippen LogP contribution in [0.3, 0.4) is 0 Å². The number of rotatable bonds is 5. The van der Waals surface area contributed by atoms with Gasteiger partial charge in [0.2, 0.25) is 0 Å². The lowest BCUT2D eigenvalue weighted by atomic mass is 10.0. The predicted molar refractivity (Wildman–Crippen MR) is 96.9 cm³/mol. The molecule has 0 radical (unpaired) electrons. The summed E-state index contributed by atoms with van der Waals surface area (Å²) in [6.07, 6.45) is 3.45. The van der Waals surface area contributed by atoms with Crippen molar-refractivity contribution in [3.63, 3.8) is 0 Å². The summed E-state index contributed by atoms with van der Waals surface area (Å²) in [5, 5.41) is 0. The molecule has 8 heteroatoms. The Hall–Kier alpha value is -3.39. The molecule has 0 spiro atoms. The monoisotopic (exact) mass is 338 g/mol. The Morgan fingerprint density at radius 1 is 1.20 bits per heavy atom. The Morgan fingerprint density at radius 2 is 1.96 bits per heavy atom. The summed E-state index contributed by atoms with van der Waals surface area (Å²) >= 11 is 0. The normalized spacial score (nSPS) is 10.5. The molecule has 0 fully saturated rings. The number of aromatic amines is 1. The molecule has 25 heavy (non-hydrogen) atoms. The van der Waals surface area contributed by atoms with E-state index in [2.05, 4.69) is 20.4 Å². The van der Waals surface area contributed by atoms with Crippen LogP contribution in [0, 0.1) is 0 Å². The quantitative estimate of drug-likeness (QED) is 0.411. The van der Waals surface area contributed by atoms with E-state index in [-0.39, 0.29) is 11.5 Å². The second-order valence-corrected chi connectivity index (χ2v) is 5.20. The van der Waals surface area contributed by atoms with Crippen LogP contribution in [0.15, 0.2) is 47.5 Å². The number of nitrogen functional groups attached to an aromatic ring is 2. The van der Waals surface area contributed by atoms with Crippen molar-refractivity contribution in [3.05, 3.63) is 53.1 Å². The molecule has 0 aliphatic heterocycles. The van der Waals surface area contributed by atoms with Crippen LogP contribution in [0.1, 0.15) is 6.92 Å². The maximum absolute atomic E-state index is 12.0. The number of hydrogen-bond donors (Lipinski definition) is 4. The van der Waals surface area contributed by atoms with E-state index in [1.165, 1.54) is 0 Å². The van der Waals surface area contributed by atoms with Crippen molar-refractivity contribution < 1.29 is 4.74 Å². The Balaban J connectivity index is 2.13. The number of pyridine rings is 1. The zero-order valence-electron chi connectivity index (χ0n) is 13.6. The van der Waals surface area contributed by atoms with Crippen LogP contribution in [0.5, 0.6) is 5.75 Å². The van der Waals surface area contributed by atoms with Gasteiger partial charge in [-0.15, -0.1) is 0 Å². The predicted octanol–water partition coefficient (Wildman–Crippen LogP) is 1.77. The number of H-pyrrole nitrogens is 1. The maximum Gasteiger partial charge on any atom is 0.276 e. The molecule has 0 unspecified atom stereocenters. The van der Waals surface area contributed by atoms with Crippen LogP contribution in [0.25, 0.3) is 22.5 Å². The minimum absolute atomic E-state index is 0.0717. The standard InChI is InChI=1S/C17H18N6O2/c1-2-25-13-9-11(10-5-7-20-8-6-10)3-4-12(13)15-21-16(23-19)14(18)17(24)22-15/h3-9H,2,18-19H2,1H3,(H2,21,22,23,24). The Bertz CT molecular complexity index is 940. The second kappa shape index (κ2) is 7.02. The van der Waals surface area contributed by atoms with Crippen molar-refractivity contribution in [2.24, 2.45) is 5.84 Å². The van der Waals surface area contributed by atoms with E-state index >= 15 is 0 Å². The van der Waals surface area contributed by atoms with Crippen LogP contribution < -0.4 is 27.3 Å². The van der Waals surface area contributed by atoms with E-state index in [4.69, 9.17) is 16.3 Å². The molecular weight excluding hydrogens is 320 g/mol. The zero-order valence-corrected chi connectivity index (χ0v) is 13.6. The van der Waals surface area contributed by atoms with Crippen LogP contribution in [0.4, 0.5) is 11.5 Å². The van der Waals surface area contributed by atoms with E-state index in [9.17, 15) is 4.79 Å². The fourth-order valence-electron chi connectivity index (χ4n) is 2.44. The second-order valence-electron chi connectivity index (χ2n) is 5.20. The van der Waals surface area contributed by atoms with Gasteiger partial charge in [0.1, 0.15) is 17.3 Å². The number of anilines is 2. The average molecular weight is 338 g/mol. The highest BCUT2D eigenvalue weighted by molar-refractivity contribution is 5.74. The largest absolute Gasteiger partial charge is 0.493 e. The lowest BCUT2D eigenvalue weighted by Gasteiger charge is -2.13. The molecule has 0 amide bonds. The third kappa shape index (κ3) is 3.29. The molecule has 0 aliphatic rings. The number of nitrogens with one attached hydrogen (secondary N) is 2. The summed E-state index contributed by atoms with van der Waals surface area (Å²) in [5.74, 6) is 6.40. The highest BCUT2D eigenvalue weighted by Gasteiger charge is 2.14. The smallest absolute Gasteiger partial charge is 0.276 e. The minimum atomic E-state index is -0.474. The number of hydrogen-bond acceptors (Lipinski definition) is 7. The first kappa shape index (κ1) is 16.5. The molecule has 0 saturated heterocycles. The molecule has 128 valence electrons. The van der Waals surface area contributed by atoms with Crippen LogP contribution in [-0.2, 0) is 0 Å². The summed E-state index contributed by atoms with van der Waals surface area (Å²) in [7, 11) is 0. The van der Waals surface area contributed by atoms with E-state index < -0.39 is 5.56 Å². The van der Waals surface area contributed by atoms with Crippen molar-refractivity contribution >= 4 is 11.5 Å². The van der Waals surface area contributed by atoms with E-state index in [0.29, 0.717) is 23.7 Å². The third-order valence-corrected chi connectivity index (χ3v) is 3.64. The van der Waals surface area contributed by atoms with Gasteiger partial charge in [-0.3, -0.25) is 9.78 Å². The highest BCUT2D eigenvalue weighted by atomic mass is 16.5. The molecule has 3 aromatic rings. The molecule has 2 heterocycles. The number of benzene rings is 1. The molecule has 6 N–H and O–H groups in total. The highest BCUT2D eigenvalue weighted by Crippen LogP contribution is 2.33. The number of ether oxygens (including phenoxy) is 1. The van der Waals surface area contributed by atoms with E-state index in [1.807, 2.05) is 37.3 Å². The molecule has 1 aromatic carbocycles.